The van der Waals surface area contributed by atoms with Crippen LogP contribution in [0.1, 0.15) is 48.9 Å². The normalized spacial score (nSPS) is 15.7. The number of amides is 1. The van der Waals surface area contributed by atoms with Gasteiger partial charge in [0.25, 0.3) is 0 Å². The summed E-state index contributed by atoms with van der Waals surface area (Å²) in [6, 6.07) is 2.89. The SMILES string of the molecule is O=C(CC1CCCCC1)Nc1c(Cl)ccc(Cl)c1C(=O)O. The van der Waals surface area contributed by atoms with Crippen LogP contribution < -0.4 is 5.32 Å². The molecule has 0 radical (unpaired) electrons. The molecule has 0 atom stereocenters. The fraction of sp³-hybridized carbons (Fsp3) is 0.467. The monoisotopic (exact) mass is 329 g/mol. The summed E-state index contributed by atoms with van der Waals surface area (Å²) < 4.78 is 0. The first-order valence-corrected chi connectivity index (χ1v) is 7.75. The van der Waals surface area contributed by atoms with Crippen LogP contribution in [-0.4, -0.2) is 17.0 Å². The molecule has 0 aromatic heterocycles. The van der Waals surface area contributed by atoms with Gasteiger partial charge in [0.15, 0.2) is 0 Å². The Balaban J connectivity index is 2.13. The van der Waals surface area contributed by atoms with Gasteiger partial charge in [-0.3, -0.25) is 4.79 Å². The molecular formula is C15H17Cl2NO3. The minimum Gasteiger partial charge on any atom is -0.478 e. The number of benzene rings is 1. The number of carbonyl (C=O) groups is 2. The van der Waals surface area contributed by atoms with Crippen molar-refractivity contribution in [2.24, 2.45) is 5.92 Å². The Labute approximate surface area is 133 Å². The predicted octanol–water partition coefficient (Wildman–Crippen LogP) is 4.60. The van der Waals surface area contributed by atoms with Gasteiger partial charge < -0.3 is 10.4 Å². The summed E-state index contributed by atoms with van der Waals surface area (Å²) in [4.78, 5) is 23.4. The van der Waals surface area contributed by atoms with Crippen LogP contribution in [0.5, 0.6) is 0 Å². The van der Waals surface area contributed by atoms with E-state index in [0.717, 1.165) is 25.7 Å². The maximum Gasteiger partial charge on any atom is 0.339 e. The minimum atomic E-state index is -1.21. The number of hydrogen-bond acceptors (Lipinski definition) is 2. The molecule has 0 aliphatic heterocycles. The average molecular weight is 330 g/mol. The predicted molar refractivity (Wildman–Crippen MR) is 83.2 cm³/mol. The molecule has 1 fully saturated rings. The lowest BCUT2D eigenvalue weighted by Gasteiger charge is -2.21. The van der Waals surface area contributed by atoms with E-state index < -0.39 is 5.97 Å². The molecule has 21 heavy (non-hydrogen) atoms. The minimum absolute atomic E-state index is 0.0554. The van der Waals surface area contributed by atoms with E-state index in [9.17, 15) is 14.7 Å². The topological polar surface area (TPSA) is 66.4 Å². The van der Waals surface area contributed by atoms with Gasteiger partial charge in [0.05, 0.1) is 15.7 Å². The number of carboxylic acid groups (broad SMARTS) is 1. The van der Waals surface area contributed by atoms with Gasteiger partial charge in [-0.1, -0.05) is 42.5 Å². The molecule has 2 rings (SSSR count). The van der Waals surface area contributed by atoms with Crippen molar-refractivity contribution < 1.29 is 14.7 Å². The van der Waals surface area contributed by atoms with E-state index in [1.807, 2.05) is 0 Å². The molecule has 4 nitrogen and oxygen atoms in total. The Kier molecular flexibility index (Phi) is 5.48. The first kappa shape index (κ1) is 16.1. The molecule has 6 heteroatoms. The molecule has 0 spiro atoms. The zero-order valence-corrected chi connectivity index (χ0v) is 13.0. The van der Waals surface area contributed by atoms with Crippen LogP contribution in [-0.2, 0) is 4.79 Å². The second-order valence-electron chi connectivity index (χ2n) is 5.34. The van der Waals surface area contributed by atoms with Crippen molar-refractivity contribution in [2.45, 2.75) is 38.5 Å². The van der Waals surface area contributed by atoms with Crippen molar-refractivity contribution in [2.75, 3.05) is 5.32 Å². The first-order chi connectivity index (χ1) is 9.99. The number of carboxylic acids is 1. The highest BCUT2D eigenvalue weighted by Gasteiger charge is 2.22. The quantitative estimate of drug-likeness (QED) is 0.848. The van der Waals surface area contributed by atoms with E-state index in [1.165, 1.54) is 18.6 Å². The maximum atomic E-state index is 12.1. The second kappa shape index (κ2) is 7.14. The molecule has 1 saturated carbocycles. The summed E-state index contributed by atoms with van der Waals surface area (Å²) in [6.07, 6.45) is 6.00. The largest absolute Gasteiger partial charge is 0.478 e. The molecule has 0 saturated heterocycles. The molecule has 114 valence electrons. The van der Waals surface area contributed by atoms with Crippen LogP contribution in [0.2, 0.25) is 10.0 Å². The van der Waals surface area contributed by atoms with Gasteiger partial charge in [-0.15, -0.1) is 0 Å². The molecule has 1 aromatic carbocycles. The van der Waals surface area contributed by atoms with Crippen LogP contribution in [0.4, 0.5) is 5.69 Å². The van der Waals surface area contributed by atoms with Crippen LogP contribution in [0.3, 0.4) is 0 Å². The lowest BCUT2D eigenvalue weighted by atomic mass is 9.87. The first-order valence-electron chi connectivity index (χ1n) is 7.00. The highest BCUT2D eigenvalue weighted by Crippen LogP contribution is 2.33. The van der Waals surface area contributed by atoms with Gasteiger partial charge in [-0.2, -0.15) is 0 Å². The van der Waals surface area contributed by atoms with Gasteiger partial charge in [-0.05, 0) is 30.9 Å². The van der Waals surface area contributed by atoms with Crippen LogP contribution >= 0.6 is 23.2 Å². The average Bonchev–Trinajstić information content (AvgIpc) is 2.43. The Hall–Kier alpha value is -1.26. The van der Waals surface area contributed by atoms with Crippen molar-refractivity contribution in [3.05, 3.63) is 27.7 Å². The van der Waals surface area contributed by atoms with Gasteiger partial charge >= 0.3 is 5.97 Å². The lowest BCUT2D eigenvalue weighted by molar-refractivity contribution is -0.117. The van der Waals surface area contributed by atoms with Crippen molar-refractivity contribution in [3.63, 3.8) is 0 Å². The third kappa shape index (κ3) is 4.11. The molecule has 1 aromatic rings. The zero-order chi connectivity index (χ0) is 15.4. The summed E-state index contributed by atoms with van der Waals surface area (Å²) in [5, 5.41) is 12.1. The van der Waals surface area contributed by atoms with Crippen LogP contribution in [0.25, 0.3) is 0 Å². The lowest BCUT2D eigenvalue weighted by Crippen LogP contribution is -2.20. The summed E-state index contributed by atoms with van der Waals surface area (Å²) in [5.74, 6) is -1.06. The highest BCUT2D eigenvalue weighted by atomic mass is 35.5. The van der Waals surface area contributed by atoms with Gasteiger partial charge in [0.1, 0.15) is 5.56 Å². The number of carbonyl (C=O) groups excluding carboxylic acids is 1. The summed E-state index contributed by atoms with van der Waals surface area (Å²) in [6.45, 7) is 0. The molecule has 0 unspecified atom stereocenters. The summed E-state index contributed by atoms with van der Waals surface area (Å²) in [7, 11) is 0. The summed E-state index contributed by atoms with van der Waals surface area (Å²) >= 11 is 11.9. The molecular weight excluding hydrogens is 313 g/mol. The standard InChI is InChI=1S/C15H17Cl2NO3/c16-10-6-7-11(17)14(13(10)15(20)21)18-12(19)8-9-4-2-1-3-5-9/h6-7,9H,1-5,8H2,(H,18,19)(H,20,21). The van der Waals surface area contributed by atoms with E-state index >= 15 is 0 Å². The number of rotatable bonds is 4. The third-order valence-electron chi connectivity index (χ3n) is 3.78. The number of nitrogens with one attached hydrogen (secondary N) is 1. The third-order valence-corrected chi connectivity index (χ3v) is 4.41. The number of anilines is 1. The Bertz CT molecular complexity index is 554. The Morgan fingerprint density at radius 1 is 1.14 bits per heavy atom. The van der Waals surface area contributed by atoms with Gasteiger partial charge in [0.2, 0.25) is 5.91 Å². The van der Waals surface area contributed by atoms with E-state index in [1.54, 1.807) is 0 Å². The fourth-order valence-corrected chi connectivity index (χ4v) is 3.17. The van der Waals surface area contributed by atoms with Crippen LogP contribution in [0, 0.1) is 5.92 Å². The highest BCUT2D eigenvalue weighted by molar-refractivity contribution is 6.38. The molecule has 2 N–H and O–H groups in total. The zero-order valence-electron chi connectivity index (χ0n) is 11.5. The van der Waals surface area contributed by atoms with Crippen molar-refractivity contribution in [1.29, 1.82) is 0 Å². The summed E-state index contributed by atoms with van der Waals surface area (Å²) in [5.41, 5.74) is -0.0846. The maximum absolute atomic E-state index is 12.1. The molecule has 0 heterocycles. The second-order valence-corrected chi connectivity index (χ2v) is 6.16. The molecule has 1 aliphatic carbocycles. The number of halogens is 2. The number of aromatic carboxylic acids is 1. The van der Waals surface area contributed by atoms with E-state index in [2.05, 4.69) is 5.32 Å². The Morgan fingerprint density at radius 2 is 1.76 bits per heavy atom. The van der Waals surface area contributed by atoms with Crippen LogP contribution in [0.15, 0.2) is 12.1 Å². The van der Waals surface area contributed by atoms with Gasteiger partial charge in [-0.25, -0.2) is 4.79 Å². The molecule has 1 amide bonds. The fourth-order valence-electron chi connectivity index (χ4n) is 2.73. The van der Waals surface area contributed by atoms with Crippen molar-refractivity contribution in [3.8, 4) is 0 Å². The van der Waals surface area contributed by atoms with E-state index in [-0.39, 0.29) is 27.2 Å². The van der Waals surface area contributed by atoms with Crippen molar-refractivity contribution >= 4 is 40.8 Å². The molecule has 0 bridgehead atoms. The Morgan fingerprint density at radius 3 is 2.38 bits per heavy atom. The number of hydrogen-bond donors (Lipinski definition) is 2. The van der Waals surface area contributed by atoms with E-state index in [0.29, 0.717) is 12.3 Å². The van der Waals surface area contributed by atoms with E-state index in [4.69, 9.17) is 23.2 Å². The molecule has 1 aliphatic rings. The van der Waals surface area contributed by atoms with Gasteiger partial charge in [0, 0.05) is 6.42 Å². The van der Waals surface area contributed by atoms with Crippen molar-refractivity contribution in [1.82, 2.24) is 0 Å². The smallest absolute Gasteiger partial charge is 0.339 e.